The number of hydrogen-bond acceptors (Lipinski definition) is 3. The summed E-state index contributed by atoms with van der Waals surface area (Å²) in [4.78, 5) is 2.57. The summed E-state index contributed by atoms with van der Waals surface area (Å²) >= 11 is 0. The maximum absolute atomic E-state index is 4.24. The van der Waals surface area contributed by atoms with Gasteiger partial charge in [0.15, 0.2) is 0 Å². The molecule has 2 heterocycles. The fourth-order valence-electron chi connectivity index (χ4n) is 2.58. The number of rotatable bonds is 6. The van der Waals surface area contributed by atoms with Gasteiger partial charge in [-0.3, -0.25) is 4.68 Å². The van der Waals surface area contributed by atoms with Crippen molar-refractivity contribution in [1.82, 2.24) is 20.0 Å². The van der Waals surface area contributed by atoms with E-state index in [9.17, 15) is 0 Å². The van der Waals surface area contributed by atoms with Crippen molar-refractivity contribution < 1.29 is 0 Å². The molecule has 17 heavy (non-hydrogen) atoms. The Hall–Kier alpha value is -0.870. The van der Waals surface area contributed by atoms with Crippen molar-refractivity contribution in [3.8, 4) is 0 Å². The maximum Gasteiger partial charge on any atom is 0.0536 e. The lowest BCUT2D eigenvalue weighted by atomic mass is 10.1. The van der Waals surface area contributed by atoms with Gasteiger partial charge in [0, 0.05) is 31.5 Å². The average Bonchev–Trinajstić information content (AvgIpc) is 2.86. The highest BCUT2D eigenvalue weighted by Gasteiger charge is 2.25. The van der Waals surface area contributed by atoms with Crippen LogP contribution in [0.25, 0.3) is 0 Å². The van der Waals surface area contributed by atoms with Gasteiger partial charge in [0.1, 0.15) is 0 Å². The minimum atomic E-state index is 0.855. The van der Waals surface area contributed by atoms with Gasteiger partial charge >= 0.3 is 0 Å². The number of hydrogen-bond donors (Lipinski definition) is 1. The smallest absolute Gasteiger partial charge is 0.0536 e. The van der Waals surface area contributed by atoms with E-state index in [2.05, 4.69) is 15.3 Å². The molecule has 3 rings (SSSR count). The summed E-state index contributed by atoms with van der Waals surface area (Å²) in [5, 5.41) is 7.89. The van der Waals surface area contributed by atoms with E-state index >= 15 is 0 Å². The van der Waals surface area contributed by atoms with E-state index in [1.54, 1.807) is 0 Å². The van der Waals surface area contributed by atoms with E-state index in [1.807, 2.05) is 23.1 Å². The lowest BCUT2D eigenvalue weighted by Crippen LogP contribution is -2.29. The molecular formula is C13H22N4. The van der Waals surface area contributed by atoms with Gasteiger partial charge in [-0.1, -0.05) is 0 Å². The number of aromatic nitrogens is 2. The van der Waals surface area contributed by atoms with E-state index in [0.717, 1.165) is 25.0 Å². The molecule has 1 N–H and O–H groups in total. The topological polar surface area (TPSA) is 33.1 Å². The van der Waals surface area contributed by atoms with Crippen molar-refractivity contribution in [1.29, 1.82) is 0 Å². The Balaban J connectivity index is 1.35. The minimum Gasteiger partial charge on any atom is -0.314 e. The van der Waals surface area contributed by atoms with Crippen molar-refractivity contribution in [3.63, 3.8) is 0 Å². The first kappa shape index (κ1) is 11.2. The van der Waals surface area contributed by atoms with Crippen LogP contribution >= 0.6 is 0 Å². The lowest BCUT2D eigenvalue weighted by molar-refractivity contribution is 0.301. The Morgan fingerprint density at radius 3 is 2.94 bits per heavy atom. The van der Waals surface area contributed by atoms with Crippen LogP contribution in [0.2, 0.25) is 0 Å². The molecule has 1 saturated heterocycles. The van der Waals surface area contributed by atoms with Crippen LogP contribution in [-0.4, -0.2) is 46.9 Å². The summed E-state index contributed by atoms with van der Waals surface area (Å²) in [6.07, 6.45) is 8.05. The fourth-order valence-corrected chi connectivity index (χ4v) is 2.58. The second-order valence-electron chi connectivity index (χ2n) is 5.41. The van der Waals surface area contributed by atoms with Crippen LogP contribution in [0.3, 0.4) is 0 Å². The number of nitrogens with zero attached hydrogens (tertiary/aromatic N) is 3. The van der Waals surface area contributed by atoms with E-state index < -0.39 is 0 Å². The minimum absolute atomic E-state index is 0.855. The van der Waals surface area contributed by atoms with Crippen molar-refractivity contribution in [2.45, 2.75) is 31.8 Å². The van der Waals surface area contributed by atoms with Gasteiger partial charge in [0.05, 0.1) is 6.54 Å². The molecule has 0 radical (unpaired) electrons. The molecule has 0 spiro atoms. The van der Waals surface area contributed by atoms with Crippen LogP contribution in [0.1, 0.15) is 19.3 Å². The van der Waals surface area contributed by atoms with Gasteiger partial charge in [-0.2, -0.15) is 5.10 Å². The summed E-state index contributed by atoms with van der Waals surface area (Å²) in [6.45, 7) is 5.92. The van der Waals surface area contributed by atoms with Crippen LogP contribution in [0, 0.1) is 5.92 Å². The molecule has 2 aliphatic rings. The Morgan fingerprint density at radius 1 is 1.24 bits per heavy atom. The Kier molecular flexibility index (Phi) is 3.43. The predicted octanol–water partition coefficient (Wildman–Crippen LogP) is 0.957. The van der Waals surface area contributed by atoms with Crippen molar-refractivity contribution in [2.24, 2.45) is 5.92 Å². The molecule has 2 fully saturated rings. The van der Waals surface area contributed by atoms with Crippen LogP contribution in [0.15, 0.2) is 18.5 Å². The summed E-state index contributed by atoms with van der Waals surface area (Å²) in [5.41, 5.74) is 0. The quantitative estimate of drug-likeness (QED) is 0.796. The number of nitrogens with one attached hydrogen (secondary N) is 1. The second-order valence-corrected chi connectivity index (χ2v) is 5.41. The summed E-state index contributed by atoms with van der Waals surface area (Å²) in [7, 11) is 0. The molecule has 1 unspecified atom stereocenters. The van der Waals surface area contributed by atoms with E-state index in [4.69, 9.17) is 0 Å². The SMILES string of the molecule is c1cnn(CCN2CCC(CNC3CC3)C2)c1. The van der Waals surface area contributed by atoms with Gasteiger partial charge < -0.3 is 10.2 Å². The van der Waals surface area contributed by atoms with Gasteiger partial charge in [0.2, 0.25) is 0 Å². The predicted molar refractivity (Wildman–Crippen MR) is 67.8 cm³/mol. The molecule has 1 saturated carbocycles. The normalized spacial score (nSPS) is 25.5. The highest BCUT2D eigenvalue weighted by Crippen LogP contribution is 2.21. The zero-order chi connectivity index (χ0) is 11.5. The summed E-state index contributed by atoms with van der Waals surface area (Å²) in [5.74, 6) is 0.869. The molecule has 0 amide bonds. The molecule has 1 aromatic heterocycles. The Morgan fingerprint density at radius 2 is 2.18 bits per heavy atom. The zero-order valence-corrected chi connectivity index (χ0v) is 10.4. The molecule has 0 aromatic carbocycles. The third-order valence-corrected chi connectivity index (χ3v) is 3.85. The molecule has 1 aliphatic heterocycles. The monoisotopic (exact) mass is 234 g/mol. The van der Waals surface area contributed by atoms with Crippen LogP contribution in [0.5, 0.6) is 0 Å². The first-order valence-electron chi connectivity index (χ1n) is 6.83. The van der Waals surface area contributed by atoms with Crippen LogP contribution in [-0.2, 0) is 6.54 Å². The van der Waals surface area contributed by atoms with Crippen molar-refractivity contribution >= 4 is 0 Å². The first-order chi connectivity index (χ1) is 8.40. The van der Waals surface area contributed by atoms with E-state index in [1.165, 1.54) is 38.9 Å². The second kappa shape index (κ2) is 5.19. The molecule has 94 valence electrons. The highest BCUT2D eigenvalue weighted by atomic mass is 15.3. The Labute approximate surface area is 103 Å². The van der Waals surface area contributed by atoms with Gasteiger partial charge in [-0.05, 0) is 44.3 Å². The third kappa shape index (κ3) is 3.30. The van der Waals surface area contributed by atoms with Gasteiger partial charge in [-0.15, -0.1) is 0 Å². The van der Waals surface area contributed by atoms with Crippen LogP contribution < -0.4 is 5.32 Å². The molecule has 1 aromatic rings. The maximum atomic E-state index is 4.24. The van der Waals surface area contributed by atoms with E-state index in [0.29, 0.717) is 0 Å². The molecule has 1 atom stereocenters. The average molecular weight is 234 g/mol. The summed E-state index contributed by atoms with van der Waals surface area (Å²) < 4.78 is 2.02. The summed E-state index contributed by atoms with van der Waals surface area (Å²) in [6, 6.07) is 2.85. The molecule has 0 bridgehead atoms. The van der Waals surface area contributed by atoms with Crippen molar-refractivity contribution in [2.75, 3.05) is 26.2 Å². The fraction of sp³-hybridized carbons (Fsp3) is 0.769. The molecule has 4 nitrogen and oxygen atoms in total. The molecule has 1 aliphatic carbocycles. The molecular weight excluding hydrogens is 212 g/mol. The largest absolute Gasteiger partial charge is 0.314 e. The van der Waals surface area contributed by atoms with Gasteiger partial charge in [0.25, 0.3) is 0 Å². The van der Waals surface area contributed by atoms with Crippen LogP contribution in [0.4, 0.5) is 0 Å². The third-order valence-electron chi connectivity index (χ3n) is 3.85. The Bertz CT molecular complexity index is 331. The first-order valence-corrected chi connectivity index (χ1v) is 6.83. The standard InChI is InChI=1S/C13H22N4/c1-5-15-17(6-1)9-8-16-7-4-12(11-16)10-14-13-2-3-13/h1,5-6,12-14H,2-4,7-11H2. The lowest BCUT2D eigenvalue weighted by Gasteiger charge is -2.16. The van der Waals surface area contributed by atoms with Gasteiger partial charge in [-0.25, -0.2) is 0 Å². The van der Waals surface area contributed by atoms with E-state index in [-0.39, 0.29) is 0 Å². The number of likely N-dealkylation sites (tertiary alicyclic amines) is 1. The highest BCUT2D eigenvalue weighted by molar-refractivity contribution is 4.85. The van der Waals surface area contributed by atoms with Crippen molar-refractivity contribution in [3.05, 3.63) is 18.5 Å². The zero-order valence-electron chi connectivity index (χ0n) is 10.4. The molecule has 4 heteroatoms.